The molecule has 1 amide bonds. The van der Waals surface area contributed by atoms with Crippen molar-refractivity contribution in [2.24, 2.45) is 28.8 Å². The Labute approximate surface area is 344 Å². The molecule has 1 saturated heterocycles. The number of hydrogen-bond donors (Lipinski definition) is 6. The number of aliphatic hydroxyl groups excluding tert-OH is 2. The van der Waals surface area contributed by atoms with Crippen LogP contribution in [0.2, 0.25) is 0 Å². The molecule has 2 aromatic carbocycles. The van der Waals surface area contributed by atoms with Crippen LogP contribution in [-0.4, -0.2) is 130 Å². The monoisotopic (exact) mass is 822 g/mol. The van der Waals surface area contributed by atoms with Crippen LogP contribution >= 0.6 is 0 Å². The van der Waals surface area contributed by atoms with E-state index < -0.39 is 88.8 Å². The first-order valence-corrected chi connectivity index (χ1v) is 19.8. The highest BCUT2D eigenvalue weighted by atomic mass is 16.7. The molecule has 5 bridgehead atoms. The molecule has 0 unspecified atom stereocenters. The summed E-state index contributed by atoms with van der Waals surface area (Å²) in [6, 6.07) is 0. The van der Waals surface area contributed by atoms with Crippen molar-refractivity contribution in [2.45, 2.75) is 85.6 Å². The number of fused-ring (bicyclic) bond motifs is 14. The highest BCUT2D eigenvalue weighted by Gasteiger charge is 2.50. The highest BCUT2D eigenvalue weighted by Crippen LogP contribution is 2.55. The van der Waals surface area contributed by atoms with Crippen LogP contribution in [0.15, 0.2) is 41.2 Å². The quantitative estimate of drug-likeness (QED) is 0.109. The van der Waals surface area contributed by atoms with E-state index in [0.29, 0.717) is 13.1 Å². The van der Waals surface area contributed by atoms with Gasteiger partial charge in [0, 0.05) is 87.3 Å². The lowest BCUT2D eigenvalue weighted by Crippen LogP contribution is -2.46. The smallest absolute Gasteiger partial charge is 0.312 e. The molecule has 0 saturated carbocycles. The molecule has 1 fully saturated rings. The predicted molar refractivity (Wildman–Crippen MR) is 220 cm³/mol. The lowest BCUT2D eigenvalue weighted by molar-refractivity contribution is -0.160. The zero-order chi connectivity index (χ0) is 43.7. The number of aromatic hydroxyl groups is 3. The minimum atomic E-state index is -2.04. The van der Waals surface area contributed by atoms with Crippen LogP contribution in [0, 0.1) is 30.6 Å². The number of likely N-dealkylation sites (N-methyl/N-ethyl adjacent to an activating group) is 1. The summed E-state index contributed by atoms with van der Waals surface area (Å²) in [4.78, 5) is 42.6. The van der Waals surface area contributed by atoms with E-state index in [1.54, 1.807) is 44.9 Å². The van der Waals surface area contributed by atoms with Crippen LogP contribution in [0.3, 0.4) is 0 Å². The standard InChI is InChI=1S/C43H58N4O12/c1-21-12-11-13-22(2)42(55)45-33-28(20-44-47-17-15-46(9)16-18-47)37(52)30-31(38(33)53)36(51)26(6)40-32(30)41(54)43(8,59-40)57-19-14-29(56-10)23(3)39(58-27(7)48)25(5)35(50)24(4)34(21)49/h11-14,19-21,23-25,29,34-35,39,49-53H,15-18H2,1-10H3,(H,45,55)/b12-11+,19-14+,22-13-,44-20+/t21-,23-,24+,25-,29+,34+,35-,39-,43-/m1/s1. The van der Waals surface area contributed by atoms with Crippen molar-refractivity contribution in [1.82, 2.24) is 9.91 Å². The van der Waals surface area contributed by atoms with E-state index in [2.05, 4.69) is 15.3 Å². The maximum atomic E-state index is 14.4. The fraction of sp³-hybridized carbons (Fsp3) is 0.535. The zero-order valence-electron chi connectivity index (χ0n) is 35.3. The molecule has 0 radical (unpaired) electrons. The van der Waals surface area contributed by atoms with Gasteiger partial charge in [-0.15, -0.1) is 0 Å². The molecule has 6 rings (SSSR count). The van der Waals surface area contributed by atoms with E-state index in [9.17, 15) is 39.9 Å². The minimum Gasteiger partial charge on any atom is -0.507 e. The zero-order valence-corrected chi connectivity index (χ0v) is 35.3. The molecule has 16 nitrogen and oxygen atoms in total. The van der Waals surface area contributed by atoms with Gasteiger partial charge in [-0.05, 0) is 27.0 Å². The van der Waals surface area contributed by atoms with Crippen LogP contribution < -0.4 is 10.1 Å². The van der Waals surface area contributed by atoms with Crippen molar-refractivity contribution >= 4 is 40.3 Å². The molecule has 0 spiro atoms. The van der Waals surface area contributed by atoms with E-state index >= 15 is 0 Å². The summed E-state index contributed by atoms with van der Waals surface area (Å²) in [6.45, 7) is 15.1. The summed E-state index contributed by atoms with van der Waals surface area (Å²) in [5.41, 5.74) is -0.350. The lowest BCUT2D eigenvalue weighted by atomic mass is 9.78. The number of ether oxygens (including phenoxy) is 4. The van der Waals surface area contributed by atoms with Gasteiger partial charge in [-0.1, -0.05) is 45.9 Å². The number of nitrogens with zero attached hydrogens (tertiary/aromatic N) is 3. The van der Waals surface area contributed by atoms with Gasteiger partial charge in [0.05, 0.1) is 53.0 Å². The topological polar surface area (TPSA) is 220 Å². The number of rotatable bonds is 4. The number of ketones is 1. The fourth-order valence-corrected chi connectivity index (χ4v) is 7.92. The van der Waals surface area contributed by atoms with Crippen molar-refractivity contribution in [3.63, 3.8) is 0 Å². The average molecular weight is 823 g/mol. The van der Waals surface area contributed by atoms with E-state index in [1.165, 1.54) is 59.4 Å². The number of carbonyl (C=O) groups excluding carboxylic acids is 3. The second-order valence-corrected chi connectivity index (χ2v) is 16.1. The van der Waals surface area contributed by atoms with Crippen molar-refractivity contribution in [3.05, 3.63) is 52.8 Å². The van der Waals surface area contributed by atoms with Crippen LogP contribution in [-0.2, 0) is 23.8 Å². The fourth-order valence-electron chi connectivity index (χ4n) is 7.92. The Balaban J connectivity index is 1.70. The van der Waals surface area contributed by atoms with Gasteiger partial charge in [0.2, 0.25) is 0 Å². The van der Waals surface area contributed by atoms with Crippen molar-refractivity contribution in [1.29, 1.82) is 0 Å². The third-order valence-electron chi connectivity index (χ3n) is 11.9. The normalized spacial score (nSPS) is 32.1. The first kappa shape index (κ1) is 44.9. The number of phenols is 3. The maximum Gasteiger partial charge on any atom is 0.312 e. The van der Waals surface area contributed by atoms with Crippen molar-refractivity contribution in [3.8, 4) is 23.0 Å². The van der Waals surface area contributed by atoms with Gasteiger partial charge in [0.25, 0.3) is 11.7 Å². The van der Waals surface area contributed by atoms with E-state index in [-0.39, 0.29) is 44.5 Å². The number of methoxy groups -OCH3 is 1. The minimum absolute atomic E-state index is 0.0559. The number of aliphatic hydroxyl groups is 2. The molecule has 0 aliphatic carbocycles. The van der Waals surface area contributed by atoms with Crippen molar-refractivity contribution < 1.29 is 58.9 Å². The van der Waals surface area contributed by atoms with Gasteiger partial charge in [0.15, 0.2) is 5.75 Å². The second-order valence-electron chi connectivity index (χ2n) is 16.1. The Morgan fingerprint density at radius 2 is 1.61 bits per heavy atom. The number of Topliss-reactive ketones (excluding diaryl/α,β-unsaturated/α-hetero) is 1. The van der Waals surface area contributed by atoms with Crippen molar-refractivity contribution in [2.75, 3.05) is 45.7 Å². The lowest BCUT2D eigenvalue weighted by Gasteiger charge is -2.38. The number of allylic oxidation sites excluding steroid dienone is 2. The summed E-state index contributed by atoms with van der Waals surface area (Å²) in [5.74, 6) is -8.34. The SMILES string of the molecule is CO[C@H]1/C=C/O[C@]2(C)Oc3c(C)c(O)c4c(O)c(c(/C=N/N5CCN(C)CC5)c(O)c4c3C2=O)NC(=O)/C(C)=C\C=C\[C@@H](C)[C@H](O)[C@H](C)[C@@H](O)[C@@H](C)[C@H](OC(C)=O)[C@@H]1C. The molecule has 4 aliphatic rings. The molecule has 59 heavy (non-hydrogen) atoms. The molecule has 0 aromatic heterocycles. The van der Waals surface area contributed by atoms with Gasteiger partial charge < -0.3 is 54.7 Å². The Morgan fingerprint density at radius 1 is 0.949 bits per heavy atom. The van der Waals surface area contributed by atoms with Gasteiger partial charge in [-0.3, -0.25) is 19.4 Å². The van der Waals surface area contributed by atoms with Gasteiger partial charge in [-0.2, -0.15) is 5.10 Å². The van der Waals surface area contributed by atoms with E-state index in [0.717, 1.165) is 13.1 Å². The van der Waals surface area contributed by atoms with Crippen LogP contribution in [0.4, 0.5) is 5.69 Å². The first-order chi connectivity index (χ1) is 27.7. The van der Waals surface area contributed by atoms with Gasteiger partial charge in [0.1, 0.15) is 23.4 Å². The van der Waals surface area contributed by atoms with Crippen LogP contribution in [0.1, 0.15) is 70.0 Å². The summed E-state index contributed by atoms with van der Waals surface area (Å²) >= 11 is 0. The number of hydrogen-bond acceptors (Lipinski definition) is 15. The molecule has 16 heteroatoms. The Morgan fingerprint density at radius 3 is 2.24 bits per heavy atom. The van der Waals surface area contributed by atoms with Crippen LogP contribution in [0.5, 0.6) is 23.0 Å². The molecule has 322 valence electrons. The Bertz CT molecular complexity index is 2070. The predicted octanol–water partition coefficient (Wildman–Crippen LogP) is 4.34. The number of carbonyl (C=O) groups is 3. The average Bonchev–Trinajstić information content (AvgIpc) is 3.46. The molecular formula is C43H58N4O12. The molecule has 4 heterocycles. The van der Waals surface area contributed by atoms with Gasteiger partial charge >= 0.3 is 11.8 Å². The summed E-state index contributed by atoms with van der Waals surface area (Å²) in [7, 11) is 3.42. The molecular weight excluding hydrogens is 764 g/mol. The first-order valence-electron chi connectivity index (χ1n) is 19.8. The molecule has 9 atom stereocenters. The summed E-state index contributed by atoms with van der Waals surface area (Å²) in [6.07, 6.45) is 4.86. The summed E-state index contributed by atoms with van der Waals surface area (Å²) in [5, 5.41) is 66.8. The molecule has 6 N–H and O–H groups in total. The van der Waals surface area contributed by atoms with E-state index in [4.69, 9.17) is 18.9 Å². The number of anilines is 1. The molecule has 2 aromatic rings. The number of piperazine rings is 1. The number of hydrazone groups is 1. The Kier molecular flexibility index (Phi) is 13.7. The number of amides is 1. The second kappa shape index (κ2) is 18.0. The van der Waals surface area contributed by atoms with Gasteiger partial charge in [-0.25, -0.2) is 0 Å². The van der Waals surface area contributed by atoms with E-state index in [1.807, 2.05) is 7.05 Å². The largest absolute Gasteiger partial charge is 0.507 e. The molecule has 4 aliphatic heterocycles. The third-order valence-corrected chi connectivity index (χ3v) is 11.9. The number of esters is 1. The Hall–Kier alpha value is -5.16. The number of benzene rings is 2. The number of phenolic OH excluding ortho intramolecular Hbond substituents is 3. The third kappa shape index (κ3) is 8.91. The summed E-state index contributed by atoms with van der Waals surface area (Å²) < 4.78 is 23.6. The number of nitrogens with one attached hydrogen (secondary N) is 1. The maximum absolute atomic E-state index is 14.4. The van der Waals surface area contributed by atoms with Crippen LogP contribution in [0.25, 0.3) is 10.8 Å². The highest BCUT2D eigenvalue weighted by molar-refractivity contribution is 6.23.